The van der Waals surface area contributed by atoms with Gasteiger partial charge < -0.3 is 10.2 Å². The Morgan fingerprint density at radius 2 is 2.26 bits per heavy atom. The maximum absolute atomic E-state index is 12.3. The molecule has 1 atom stereocenters. The van der Waals surface area contributed by atoms with E-state index in [0.717, 1.165) is 36.3 Å². The van der Waals surface area contributed by atoms with Crippen LogP contribution in [0.5, 0.6) is 0 Å². The lowest BCUT2D eigenvalue weighted by molar-refractivity contribution is -0.122. The average molecular weight is 324 g/mol. The molecule has 0 spiro atoms. The van der Waals surface area contributed by atoms with Crippen LogP contribution in [0, 0.1) is 6.92 Å². The van der Waals surface area contributed by atoms with E-state index >= 15 is 0 Å². The molecule has 0 radical (unpaired) electrons. The van der Waals surface area contributed by atoms with E-state index in [0.29, 0.717) is 12.6 Å². The zero-order valence-electron chi connectivity index (χ0n) is 11.0. The largest absolute Gasteiger partial charge is 0.314 e. The molecule has 2 aliphatic heterocycles. The molecular weight excluding hydrogens is 306 g/mol. The minimum Gasteiger partial charge on any atom is -0.314 e. The topological polar surface area (TPSA) is 35.6 Å². The first-order valence-electron chi connectivity index (χ1n) is 6.66. The van der Waals surface area contributed by atoms with Gasteiger partial charge in [0.25, 0.3) is 0 Å². The number of piperazine rings is 2. The standard InChI is InChI=1S/C14H18BrN3O/c1-10-2-3-13(12(15)6-10)18-8-11-7-16-4-5-17(11)9-14(18)19/h2-3,6,11,16H,4-5,7-9H2,1H3. The van der Waals surface area contributed by atoms with E-state index in [9.17, 15) is 4.79 Å². The molecule has 19 heavy (non-hydrogen) atoms. The van der Waals surface area contributed by atoms with Gasteiger partial charge in [0, 0.05) is 36.7 Å². The van der Waals surface area contributed by atoms with Crippen molar-refractivity contribution in [3.63, 3.8) is 0 Å². The van der Waals surface area contributed by atoms with Gasteiger partial charge in [-0.25, -0.2) is 0 Å². The number of hydrogen-bond donors (Lipinski definition) is 1. The molecule has 102 valence electrons. The van der Waals surface area contributed by atoms with Crippen molar-refractivity contribution in [2.24, 2.45) is 0 Å². The van der Waals surface area contributed by atoms with Gasteiger partial charge in [-0.2, -0.15) is 0 Å². The van der Waals surface area contributed by atoms with Gasteiger partial charge in [-0.3, -0.25) is 9.69 Å². The molecule has 0 aromatic heterocycles. The second-order valence-corrected chi connectivity index (χ2v) is 6.14. The number of fused-ring (bicyclic) bond motifs is 1. The molecule has 2 heterocycles. The van der Waals surface area contributed by atoms with Crippen LogP contribution in [0.25, 0.3) is 0 Å². The number of benzene rings is 1. The third kappa shape index (κ3) is 2.55. The number of nitrogens with zero attached hydrogens (tertiary/aromatic N) is 2. The first-order valence-corrected chi connectivity index (χ1v) is 7.46. The fourth-order valence-electron chi connectivity index (χ4n) is 2.83. The van der Waals surface area contributed by atoms with E-state index < -0.39 is 0 Å². The molecule has 1 N–H and O–H groups in total. The summed E-state index contributed by atoms with van der Waals surface area (Å²) in [6.45, 7) is 6.28. The molecule has 2 saturated heterocycles. The van der Waals surface area contributed by atoms with Crippen LogP contribution >= 0.6 is 15.9 Å². The molecule has 0 bridgehead atoms. The Balaban J connectivity index is 1.86. The lowest BCUT2D eigenvalue weighted by Crippen LogP contribution is -2.63. The Hall–Kier alpha value is -0.910. The molecule has 3 rings (SSSR count). The van der Waals surface area contributed by atoms with Crippen molar-refractivity contribution in [1.82, 2.24) is 10.2 Å². The van der Waals surface area contributed by atoms with Crippen LogP contribution < -0.4 is 10.2 Å². The van der Waals surface area contributed by atoms with Crippen LogP contribution in [0.2, 0.25) is 0 Å². The maximum Gasteiger partial charge on any atom is 0.241 e. The van der Waals surface area contributed by atoms with Gasteiger partial charge in [-0.1, -0.05) is 6.07 Å². The molecule has 0 aliphatic carbocycles. The van der Waals surface area contributed by atoms with Crippen molar-refractivity contribution in [3.05, 3.63) is 28.2 Å². The van der Waals surface area contributed by atoms with Crippen LogP contribution in [0.4, 0.5) is 5.69 Å². The third-order valence-electron chi connectivity index (χ3n) is 3.90. The number of rotatable bonds is 1. The summed E-state index contributed by atoms with van der Waals surface area (Å²) in [6, 6.07) is 6.58. The number of nitrogens with one attached hydrogen (secondary N) is 1. The van der Waals surface area contributed by atoms with Crippen molar-refractivity contribution in [2.75, 3.05) is 37.6 Å². The number of aryl methyl sites for hydroxylation is 1. The van der Waals surface area contributed by atoms with Gasteiger partial charge in [0.1, 0.15) is 0 Å². The van der Waals surface area contributed by atoms with Crippen molar-refractivity contribution in [1.29, 1.82) is 0 Å². The number of anilines is 1. The van der Waals surface area contributed by atoms with Crippen LogP contribution in [-0.2, 0) is 4.79 Å². The molecule has 1 unspecified atom stereocenters. The summed E-state index contributed by atoms with van der Waals surface area (Å²) >= 11 is 3.58. The minimum atomic E-state index is 0.197. The van der Waals surface area contributed by atoms with Gasteiger partial charge in [0.2, 0.25) is 5.91 Å². The number of halogens is 1. The molecule has 0 saturated carbocycles. The van der Waals surface area contributed by atoms with Crippen LogP contribution in [-0.4, -0.2) is 49.6 Å². The first-order chi connectivity index (χ1) is 9.15. The van der Waals surface area contributed by atoms with Crippen LogP contribution in [0.1, 0.15) is 5.56 Å². The van der Waals surface area contributed by atoms with E-state index in [1.165, 1.54) is 5.56 Å². The van der Waals surface area contributed by atoms with Crippen molar-refractivity contribution >= 4 is 27.5 Å². The fourth-order valence-corrected chi connectivity index (χ4v) is 3.53. The summed E-state index contributed by atoms with van der Waals surface area (Å²) in [4.78, 5) is 16.5. The second kappa shape index (κ2) is 5.23. The van der Waals surface area contributed by atoms with E-state index in [1.54, 1.807) is 0 Å². The molecule has 1 amide bonds. The summed E-state index contributed by atoms with van der Waals surface area (Å²) in [5.74, 6) is 0.197. The van der Waals surface area contributed by atoms with Crippen molar-refractivity contribution < 1.29 is 4.79 Å². The van der Waals surface area contributed by atoms with Gasteiger partial charge in [0.15, 0.2) is 0 Å². The average Bonchev–Trinajstić information content (AvgIpc) is 2.38. The fraction of sp³-hybridized carbons (Fsp3) is 0.500. The monoisotopic (exact) mass is 323 g/mol. The van der Waals surface area contributed by atoms with Crippen molar-refractivity contribution in [3.8, 4) is 0 Å². The van der Waals surface area contributed by atoms with E-state index in [1.807, 2.05) is 11.0 Å². The molecule has 1 aromatic rings. The van der Waals surface area contributed by atoms with Gasteiger partial charge in [-0.05, 0) is 40.5 Å². The minimum absolute atomic E-state index is 0.197. The highest BCUT2D eigenvalue weighted by Crippen LogP contribution is 2.29. The highest BCUT2D eigenvalue weighted by molar-refractivity contribution is 9.10. The molecule has 2 aliphatic rings. The molecular formula is C14H18BrN3O. The Labute approximate surface area is 121 Å². The van der Waals surface area contributed by atoms with Gasteiger partial charge in [0.05, 0.1) is 12.2 Å². The Morgan fingerprint density at radius 1 is 1.42 bits per heavy atom. The molecule has 5 heteroatoms. The van der Waals surface area contributed by atoms with Crippen LogP contribution in [0.15, 0.2) is 22.7 Å². The SMILES string of the molecule is Cc1ccc(N2CC3CNCCN3CC2=O)c(Br)c1. The number of amides is 1. The van der Waals surface area contributed by atoms with Gasteiger partial charge in [-0.15, -0.1) is 0 Å². The highest BCUT2D eigenvalue weighted by atomic mass is 79.9. The summed E-state index contributed by atoms with van der Waals surface area (Å²) in [5.41, 5.74) is 2.18. The predicted molar refractivity (Wildman–Crippen MR) is 79.5 cm³/mol. The Morgan fingerprint density at radius 3 is 3.05 bits per heavy atom. The highest BCUT2D eigenvalue weighted by Gasteiger charge is 2.34. The lowest BCUT2D eigenvalue weighted by Gasteiger charge is -2.43. The summed E-state index contributed by atoms with van der Waals surface area (Å²) < 4.78 is 0.998. The predicted octanol–water partition coefficient (Wildman–Crippen LogP) is 1.38. The number of carbonyl (C=O) groups is 1. The first kappa shape index (κ1) is 13.1. The molecule has 1 aromatic carbocycles. The Kier molecular flexibility index (Phi) is 3.60. The van der Waals surface area contributed by atoms with Gasteiger partial charge >= 0.3 is 0 Å². The van der Waals surface area contributed by atoms with E-state index in [4.69, 9.17) is 0 Å². The lowest BCUT2D eigenvalue weighted by atomic mass is 10.1. The van der Waals surface area contributed by atoms with E-state index in [-0.39, 0.29) is 5.91 Å². The second-order valence-electron chi connectivity index (χ2n) is 5.29. The third-order valence-corrected chi connectivity index (χ3v) is 4.53. The summed E-state index contributed by atoms with van der Waals surface area (Å²) in [7, 11) is 0. The normalized spacial score (nSPS) is 24.4. The Bertz CT molecular complexity index is 505. The smallest absolute Gasteiger partial charge is 0.241 e. The zero-order valence-corrected chi connectivity index (χ0v) is 12.6. The molecule has 2 fully saturated rings. The number of hydrogen-bond acceptors (Lipinski definition) is 3. The summed E-state index contributed by atoms with van der Waals surface area (Å²) in [5, 5.41) is 3.40. The van der Waals surface area contributed by atoms with E-state index in [2.05, 4.69) is 45.2 Å². The number of carbonyl (C=O) groups excluding carboxylic acids is 1. The quantitative estimate of drug-likeness (QED) is 0.848. The molecule has 4 nitrogen and oxygen atoms in total. The summed E-state index contributed by atoms with van der Waals surface area (Å²) in [6.07, 6.45) is 0. The van der Waals surface area contributed by atoms with Crippen LogP contribution in [0.3, 0.4) is 0 Å². The van der Waals surface area contributed by atoms with Crippen molar-refractivity contribution in [2.45, 2.75) is 13.0 Å². The maximum atomic E-state index is 12.3. The zero-order chi connectivity index (χ0) is 13.4.